The molecule has 0 fully saturated rings. The topological polar surface area (TPSA) is 9.86 Å². The van der Waals surface area contributed by atoms with Gasteiger partial charge in [-0.2, -0.15) is 0 Å². The molecular formula is C42H26N2S. The molecule has 2 nitrogen and oxygen atoms in total. The second-order valence-electron chi connectivity index (χ2n) is 11.7. The SMILES string of the molecule is c1ccc(-c2ccc(-c3ccc4c(c3)Sc3cccc5c6c7ccccc7n(-c7ccccc7)c6n-4c35)c3ccccc23)cc1. The van der Waals surface area contributed by atoms with Gasteiger partial charge in [0.2, 0.25) is 0 Å². The molecule has 0 saturated carbocycles. The van der Waals surface area contributed by atoms with Crippen LogP contribution < -0.4 is 0 Å². The normalized spacial score (nSPS) is 12.4. The Morgan fingerprint density at radius 2 is 1.07 bits per heavy atom. The van der Waals surface area contributed by atoms with Gasteiger partial charge >= 0.3 is 0 Å². The first-order valence-corrected chi connectivity index (χ1v) is 16.2. The van der Waals surface area contributed by atoms with Gasteiger partial charge in [-0.3, -0.25) is 9.13 Å². The molecule has 1 aliphatic rings. The Labute approximate surface area is 264 Å². The summed E-state index contributed by atoms with van der Waals surface area (Å²) in [4.78, 5) is 2.56. The molecule has 0 spiro atoms. The highest BCUT2D eigenvalue weighted by molar-refractivity contribution is 7.99. The maximum atomic E-state index is 2.51. The average Bonchev–Trinajstić information content (AvgIpc) is 3.63. The molecule has 0 amide bonds. The lowest BCUT2D eigenvalue weighted by Crippen LogP contribution is -2.05. The molecule has 210 valence electrons. The van der Waals surface area contributed by atoms with Crippen molar-refractivity contribution in [2.45, 2.75) is 9.79 Å². The summed E-state index contributed by atoms with van der Waals surface area (Å²) in [5.41, 5.74) is 11.1. The van der Waals surface area contributed by atoms with Gasteiger partial charge in [-0.1, -0.05) is 133 Å². The number of nitrogens with zero attached hydrogens (tertiary/aromatic N) is 2. The van der Waals surface area contributed by atoms with Gasteiger partial charge in [-0.15, -0.1) is 0 Å². The zero-order valence-electron chi connectivity index (χ0n) is 24.3. The van der Waals surface area contributed by atoms with E-state index in [0.717, 1.165) is 0 Å². The zero-order valence-corrected chi connectivity index (χ0v) is 25.1. The van der Waals surface area contributed by atoms with Crippen LogP contribution in [0.2, 0.25) is 0 Å². The van der Waals surface area contributed by atoms with Crippen molar-refractivity contribution in [3.8, 4) is 33.6 Å². The molecule has 0 atom stereocenters. The van der Waals surface area contributed by atoms with Crippen LogP contribution in [0, 0.1) is 0 Å². The second-order valence-corrected chi connectivity index (χ2v) is 12.8. The molecule has 0 radical (unpaired) electrons. The number of fused-ring (bicyclic) bond motifs is 8. The van der Waals surface area contributed by atoms with Crippen molar-refractivity contribution in [3.05, 3.63) is 158 Å². The average molecular weight is 591 g/mol. The predicted molar refractivity (Wildman–Crippen MR) is 190 cm³/mol. The molecule has 1 aliphatic heterocycles. The largest absolute Gasteiger partial charge is 0.295 e. The van der Waals surface area contributed by atoms with Crippen LogP contribution in [-0.4, -0.2) is 9.13 Å². The summed E-state index contributed by atoms with van der Waals surface area (Å²) in [6, 6.07) is 57.5. The van der Waals surface area contributed by atoms with Gasteiger partial charge in [0.1, 0.15) is 5.65 Å². The van der Waals surface area contributed by atoms with Crippen LogP contribution in [0.3, 0.4) is 0 Å². The van der Waals surface area contributed by atoms with Gasteiger partial charge < -0.3 is 0 Å². The van der Waals surface area contributed by atoms with Crippen LogP contribution in [0.25, 0.3) is 77.2 Å². The third-order valence-electron chi connectivity index (χ3n) is 9.31. The molecule has 0 saturated heterocycles. The summed E-state index contributed by atoms with van der Waals surface area (Å²) in [7, 11) is 0. The van der Waals surface area contributed by atoms with E-state index in [1.165, 1.54) is 87.0 Å². The summed E-state index contributed by atoms with van der Waals surface area (Å²) >= 11 is 1.88. The number of hydrogen-bond acceptors (Lipinski definition) is 1. The maximum absolute atomic E-state index is 2.51. The van der Waals surface area contributed by atoms with Gasteiger partial charge in [0.05, 0.1) is 16.7 Å². The molecule has 45 heavy (non-hydrogen) atoms. The summed E-state index contributed by atoms with van der Waals surface area (Å²) in [5.74, 6) is 0. The van der Waals surface area contributed by atoms with Crippen LogP contribution in [0.1, 0.15) is 0 Å². The number of rotatable bonds is 3. The highest BCUT2D eigenvalue weighted by Crippen LogP contribution is 2.50. The second kappa shape index (κ2) is 9.49. The Balaban J connectivity index is 1.24. The minimum absolute atomic E-state index is 1.17. The monoisotopic (exact) mass is 590 g/mol. The van der Waals surface area contributed by atoms with Crippen molar-refractivity contribution in [2.24, 2.45) is 0 Å². The lowest BCUT2D eigenvalue weighted by molar-refractivity contribution is 1.03. The summed E-state index contributed by atoms with van der Waals surface area (Å²) in [5, 5.41) is 6.45. The highest BCUT2D eigenvalue weighted by Gasteiger charge is 2.28. The summed E-state index contributed by atoms with van der Waals surface area (Å²) in [6.45, 7) is 0. The standard InChI is InChI=1S/C42H26N2S/c1-3-12-27(13-4-1)30-23-24-31(33-17-8-7-16-32(30)33)28-22-25-37-39(26-28)45-38-21-11-19-35-40-34-18-9-10-20-36(34)43(29-14-5-2-6-15-29)42(40)44(37)41(35)38/h1-26H. The Morgan fingerprint density at radius 3 is 1.84 bits per heavy atom. The van der Waals surface area contributed by atoms with Crippen molar-refractivity contribution >= 4 is 55.4 Å². The van der Waals surface area contributed by atoms with Crippen LogP contribution >= 0.6 is 11.8 Å². The number of para-hydroxylation sites is 3. The van der Waals surface area contributed by atoms with E-state index in [1.54, 1.807) is 0 Å². The minimum Gasteiger partial charge on any atom is -0.295 e. The summed E-state index contributed by atoms with van der Waals surface area (Å²) < 4.78 is 4.96. The number of hydrogen-bond donors (Lipinski definition) is 0. The van der Waals surface area contributed by atoms with Crippen molar-refractivity contribution in [2.75, 3.05) is 0 Å². The maximum Gasteiger partial charge on any atom is 0.131 e. The molecule has 0 unspecified atom stereocenters. The van der Waals surface area contributed by atoms with E-state index in [1.807, 2.05) is 11.8 Å². The van der Waals surface area contributed by atoms with Crippen molar-refractivity contribution in [1.29, 1.82) is 0 Å². The smallest absolute Gasteiger partial charge is 0.131 e. The zero-order chi connectivity index (χ0) is 29.5. The molecule has 0 bridgehead atoms. The van der Waals surface area contributed by atoms with Crippen LogP contribution in [-0.2, 0) is 0 Å². The fraction of sp³-hybridized carbons (Fsp3) is 0. The van der Waals surface area contributed by atoms with Crippen molar-refractivity contribution in [3.63, 3.8) is 0 Å². The van der Waals surface area contributed by atoms with Gasteiger partial charge in [-0.25, -0.2) is 0 Å². The van der Waals surface area contributed by atoms with Crippen molar-refractivity contribution < 1.29 is 0 Å². The van der Waals surface area contributed by atoms with Gasteiger partial charge in [-0.05, 0) is 69.4 Å². The number of aromatic nitrogens is 2. The van der Waals surface area contributed by atoms with Gasteiger partial charge in [0, 0.05) is 31.6 Å². The van der Waals surface area contributed by atoms with Crippen LogP contribution in [0.5, 0.6) is 0 Å². The van der Waals surface area contributed by atoms with E-state index in [0.29, 0.717) is 0 Å². The van der Waals surface area contributed by atoms with Crippen molar-refractivity contribution in [1.82, 2.24) is 9.13 Å². The molecule has 3 heteroatoms. The van der Waals surface area contributed by atoms with E-state index in [2.05, 4.69) is 167 Å². The van der Waals surface area contributed by atoms with Gasteiger partial charge in [0.15, 0.2) is 0 Å². The van der Waals surface area contributed by atoms with E-state index >= 15 is 0 Å². The lowest BCUT2D eigenvalue weighted by atomic mass is 9.92. The first-order valence-electron chi connectivity index (χ1n) is 15.4. The molecule has 7 aromatic carbocycles. The molecule has 2 aromatic heterocycles. The Bertz CT molecular complexity index is 2610. The van der Waals surface area contributed by atoms with E-state index < -0.39 is 0 Å². The lowest BCUT2D eigenvalue weighted by Gasteiger charge is -2.22. The van der Waals surface area contributed by atoms with Gasteiger partial charge in [0.25, 0.3) is 0 Å². The van der Waals surface area contributed by atoms with E-state index in [4.69, 9.17) is 0 Å². The molecule has 3 heterocycles. The first kappa shape index (κ1) is 24.9. The number of benzene rings is 7. The molecule has 10 rings (SSSR count). The molecule has 9 aromatic rings. The third kappa shape index (κ3) is 3.53. The molecule has 0 N–H and O–H groups in total. The minimum atomic E-state index is 1.17. The fourth-order valence-corrected chi connectivity index (χ4v) is 8.54. The quantitative estimate of drug-likeness (QED) is 0.199. The summed E-state index contributed by atoms with van der Waals surface area (Å²) in [6.07, 6.45) is 0. The van der Waals surface area contributed by atoms with E-state index in [9.17, 15) is 0 Å². The highest BCUT2D eigenvalue weighted by atomic mass is 32.2. The van der Waals surface area contributed by atoms with Crippen LogP contribution in [0.15, 0.2) is 168 Å². The Hall–Kier alpha value is -5.51. The molecule has 0 aliphatic carbocycles. The Kier molecular flexibility index (Phi) is 5.25. The fourth-order valence-electron chi connectivity index (χ4n) is 7.41. The first-order chi connectivity index (χ1) is 22.3. The van der Waals surface area contributed by atoms with E-state index in [-0.39, 0.29) is 0 Å². The Morgan fingerprint density at radius 1 is 0.422 bits per heavy atom. The van der Waals surface area contributed by atoms with Crippen LogP contribution in [0.4, 0.5) is 0 Å². The molecular weight excluding hydrogens is 565 g/mol. The third-order valence-corrected chi connectivity index (χ3v) is 10.4. The predicted octanol–water partition coefficient (Wildman–Crippen LogP) is 11.7.